The van der Waals surface area contributed by atoms with E-state index in [1.54, 1.807) is 6.92 Å². The molecule has 0 bridgehead atoms. The molecule has 0 aliphatic heterocycles. The molecule has 100 valence electrons. The second-order valence-electron chi connectivity index (χ2n) is 5.34. The molecule has 0 fully saturated rings. The van der Waals surface area contributed by atoms with E-state index in [4.69, 9.17) is 5.11 Å². The van der Waals surface area contributed by atoms with Crippen molar-refractivity contribution in [3.63, 3.8) is 0 Å². The average molecular weight is 244 g/mol. The maximum atomic E-state index is 11.4. The van der Waals surface area contributed by atoms with Crippen LogP contribution in [0.1, 0.15) is 40.5 Å². The Morgan fingerprint density at radius 1 is 1.29 bits per heavy atom. The third-order valence-electron chi connectivity index (χ3n) is 2.34. The van der Waals surface area contributed by atoms with Gasteiger partial charge in [-0.1, -0.05) is 6.92 Å². The van der Waals surface area contributed by atoms with Crippen LogP contribution in [0.15, 0.2) is 0 Å². The summed E-state index contributed by atoms with van der Waals surface area (Å²) in [4.78, 5) is 21.9. The molecule has 1 unspecified atom stereocenters. The number of carbonyl (C=O) groups excluding carboxylic acids is 1. The number of rotatable bonds is 7. The minimum atomic E-state index is -0.786. The highest BCUT2D eigenvalue weighted by Gasteiger charge is 2.12. The van der Waals surface area contributed by atoms with Crippen molar-refractivity contribution in [2.24, 2.45) is 5.92 Å². The van der Waals surface area contributed by atoms with Gasteiger partial charge in [-0.15, -0.1) is 0 Å². The smallest absolute Gasteiger partial charge is 0.306 e. The van der Waals surface area contributed by atoms with Gasteiger partial charge in [-0.2, -0.15) is 0 Å². The van der Waals surface area contributed by atoms with Gasteiger partial charge in [0.25, 0.3) is 0 Å². The fraction of sp³-hybridized carbons (Fsp3) is 0.833. The first-order chi connectivity index (χ1) is 7.72. The second-order valence-corrected chi connectivity index (χ2v) is 5.34. The molecule has 5 nitrogen and oxygen atoms in total. The Hall–Kier alpha value is -1.10. The summed E-state index contributed by atoms with van der Waals surface area (Å²) < 4.78 is 0. The summed E-state index contributed by atoms with van der Waals surface area (Å²) in [5.74, 6) is -1.19. The largest absolute Gasteiger partial charge is 0.481 e. The van der Waals surface area contributed by atoms with E-state index in [1.165, 1.54) is 0 Å². The van der Waals surface area contributed by atoms with E-state index in [0.29, 0.717) is 19.4 Å². The van der Waals surface area contributed by atoms with E-state index in [-0.39, 0.29) is 23.9 Å². The van der Waals surface area contributed by atoms with Gasteiger partial charge in [-0.25, -0.2) is 0 Å². The zero-order chi connectivity index (χ0) is 13.5. The number of hydrogen-bond donors (Lipinski definition) is 3. The zero-order valence-corrected chi connectivity index (χ0v) is 11.2. The third kappa shape index (κ3) is 9.81. The SMILES string of the molecule is CC(CCCNC(=O)CNC(C)(C)C)C(=O)O. The lowest BCUT2D eigenvalue weighted by Crippen LogP contribution is -2.43. The first-order valence-electron chi connectivity index (χ1n) is 5.97. The van der Waals surface area contributed by atoms with Crippen molar-refractivity contribution < 1.29 is 14.7 Å². The Bertz CT molecular complexity index is 259. The molecular formula is C12H24N2O3. The minimum Gasteiger partial charge on any atom is -0.481 e. The predicted molar refractivity (Wildman–Crippen MR) is 66.8 cm³/mol. The highest BCUT2D eigenvalue weighted by atomic mass is 16.4. The van der Waals surface area contributed by atoms with Crippen LogP contribution in [-0.4, -0.2) is 35.6 Å². The van der Waals surface area contributed by atoms with Crippen molar-refractivity contribution in [3.8, 4) is 0 Å². The summed E-state index contributed by atoms with van der Waals surface area (Å²) in [6.45, 7) is 8.48. The van der Waals surface area contributed by atoms with Gasteiger partial charge >= 0.3 is 5.97 Å². The first-order valence-corrected chi connectivity index (χ1v) is 5.97. The van der Waals surface area contributed by atoms with Crippen molar-refractivity contribution in [2.45, 2.75) is 46.1 Å². The Morgan fingerprint density at radius 2 is 1.88 bits per heavy atom. The van der Waals surface area contributed by atoms with Crippen LogP contribution in [0.4, 0.5) is 0 Å². The average Bonchev–Trinajstić information content (AvgIpc) is 2.20. The summed E-state index contributed by atoms with van der Waals surface area (Å²) in [6.07, 6.45) is 1.27. The summed E-state index contributed by atoms with van der Waals surface area (Å²) in [6, 6.07) is 0. The minimum absolute atomic E-state index is 0.0529. The molecule has 1 amide bonds. The lowest BCUT2D eigenvalue weighted by Gasteiger charge is -2.20. The standard InChI is InChI=1S/C12H24N2O3/c1-9(11(16)17)6-5-7-13-10(15)8-14-12(2,3)4/h9,14H,5-8H2,1-4H3,(H,13,15)(H,16,17). The molecule has 0 spiro atoms. The normalized spacial score (nSPS) is 13.2. The molecule has 17 heavy (non-hydrogen) atoms. The van der Waals surface area contributed by atoms with Crippen molar-refractivity contribution in [1.82, 2.24) is 10.6 Å². The fourth-order valence-corrected chi connectivity index (χ4v) is 1.17. The molecule has 0 aliphatic carbocycles. The van der Waals surface area contributed by atoms with Crippen LogP contribution in [0.3, 0.4) is 0 Å². The van der Waals surface area contributed by atoms with Crippen LogP contribution >= 0.6 is 0 Å². The zero-order valence-electron chi connectivity index (χ0n) is 11.2. The maximum Gasteiger partial charge on any atom is 0.306 e. The predicted octanol–water partition coefficient (Wildman–Crippen LogP) is 0.992. The van der Waals surface area contributed by atoms with Crippen LogP contribution < -0.4 is 10.6 Å². The Kier molecular flexibility index (Phi) is 6.80. The Balaban J connectivity index is 3.56. The maximum absolute atomic E-state index is 11.4. The molecule has 0 heterocycles. The van der Waals surface area contributed by atoms with Gasteiger partial charge in [-0.3, -0.25) is 9.59 Å². The molecule has 3 N–H and O–H groups in total. The number of amides is 1. The molecule has 0 aromatic carbocycles. The van der Waals surface area contributed by atoms with E-state index >= 15 is 0 Å². The van der Waals surface area contributed by atoms with E-state index < -0.39 is 5.97 Å². The quantitative estimate of drug-likeness (QED) is 0.584. The van der Waals surface area contributed by atoms with Gasteiger partial charge in [-0.05, 0) is 33.6 Å². The molecule has 0 aromatic heterocycles. The van der Waals surface area contributed by atoms with Gasteiger partial charge in [0.05, 0.1) is 12.5 Å². The number of carbonyl (C=O) groups is 2. The van der Waals surface area contributed by atoms with Crippen LogP contribution in [0, 0.1) is 5.92 Å². The number of nitrogens with one attached hydrogen (secondary N) is 2. The summed E-state index contributed by atoms with van der Waals surface area (Å²) >= 11 is 0. The summed E-state index contributed by atoms with van der Waals surface area (Å²) in [5.41, 5.74) is -0.0742. The lowest BCUT2D eigenvalue weighted by molar-refractivity contribution is -0.141. The van der Waals surface area contributed by atoms with Crippen LogP contribution in [0.5, 0.6) is 0 Å². The van der Waals surface area contributed by atoms with Crippen LogP contribution in [-0.2, 0) is 9.59 Å². The number of carboxylic acid groups (broad SMARTS) is 1. The molecule has 0 saturated heterocycles. The van der Waals surface area contributed by atoms with E-state index in [1.807, 2.05) is 20.8 Å². The van der Waals surface area contributed by atoms with Crippen molar-refractivity contribution >= 4 is 11.9 Å². The monoisotopic (exact) mass is 244 g/mol. The summed E-state index contributed by atoms with van der Waals surface area (Å²) in [5, 5.41) is 14.5. The van der Waals surface area contributed by atoms with Gasteiger partial charge in [0, 0.05) is 12.1 Å². The van der Waals surface area contributed by atoms with Gasteiger partial charge in [0.15, 0.2) is 0 Å². The molecule has 0 rings (SSSR count). The highest BCUT2D eigenvalue weighted by molar-refractivity contribution is 5.78. The molecular weight excluding hydrogens is 220 g/mol. The Labute approximate surface area is 103 Å². The third-order valence-corrected chi connectivity index (χ3v) is 2.34. The highest BCUT2D eigenvalue weighted by Crippen LogP contribution is 2.04. The topological polar surface area (TPSA) is 78.4 Å². The molecule has 0 aromatic rings. The van der Waals surface area contributed by atoms with Crippen molar-refractivity contribution in [1.29, 1.82) is 0 Å². The van der Waals surface area contributed by atoms with E-state index in [2.05, 4.69) is 10.6 Å². The second kappa shape index (κ2) is 7.27. The molecule has 0 aliphatic rings. The Morgan fingerprint density at radius 3 is 2.35 bits per heavy atom. The first kappa shape index (κ1) is 15.9. The van der Waals surface area contributed by atoms with Gasteiger partial charge in [0.1, 0.15) is 0 Å². The van der Waals surface area contributed by atoms with Gasteiger partial charge < -0.3 is 15.7 Å². The van der Waals surface area contributed by atoms with Crippen molar-refractivity contribution in [2.75, 3.05) is 13.1 Å². The van der Waals surface area contributed by atoms with E-state index in [0.717, 1.165) is 0 Å². The number of carboxylic acids is 1. The molecule has 1 atom stereocenters. The molecule has 0 saturated carbocycles. The van der Waals surface area contributed by atoms with Crippen LogP contribution in [0.25, 0.3) is 0 Å². The molecule has 0 radical (unpaired) electrons. The molecule has 5 heteroatoms. The van der Waals surface area contributed by atoms with Crippen LogP contribution in [0.2, 0.25) is 0 Å². The van der Waals surface area contributed by atoms with Gasteiger partial charge in [0.2, 0.25) is 5.91 Å². The summed E-state index contributed by atoms with van der Waals surface area (Å²) in [7, 11) is 0. The van der Waals surface area contributed by atoms with E-state index in [9.17, 15) is 9.59 Å². The van der Waals surface area contributed by atoms with Crippen molar-refractivity contribution in [3.05, 3.63) is 0 Å². The number of hydrogen-bond acceptors (Lipinski definition) is 3. The fourth-order valence-electron chi connectivity index (χ4n) is 1.17. The lowest BCUT2D eigenvalue weighted by atomic mass is 10.1. The number of aliphatic carboxylic acids is 1.